The van der Waals surface area contributed by atoms with E-state index in [1.54, 1.807) is 37.3 Å². The molecule has 0 saturated carbocycles. The summed E-state index contributed by atoms with van der Waals surface area (Å²) in [5, 5.41) is 2.96. The van der Waals surface area contributed by atoms with E-state index in [0.717, 1.165) is 11.1 Å². The van der Waals surface area contributed by atoms with E-state index >= 15 is 0 Å². The molecular formula is C27H23Cl2N3O5S2. The van der Waals surface area contributed by atoms with E-state index in [1.807, 2.05) is 13.0 Å². The highest BCUT2D eigenvalue weighted by molar-refractivity contribution is 7.93. The van der Waals surface area contributed by atoms with Crippen LogP contribution >= 0.6 is 23.2 Å². The molecule has 0 radical (unpaired) electrons. The van der Waals surface area contributed by atoms with Gasteiger partial charge < -0.3 is 5.32 Å². The van der Waals surface area contributed by atoms with Gasteiger partial charge in [0.1, 0.15) is 4.90 Å². The summed E-state index contributed by atoms with van der Waals surface area (Å²) >= 11 is 12.1. The van der Waals surface area contributed by atoms with Crippen LogP contribution in [0.25, 0.3) is 0 Å². The van der Waals surface area contributed by atoms with E-state index < -0.39 is 26.0 Å². The maximum atomic E-state index is 13.1. The van der Waals surface area contributed by atoms with Crippen molar-refractivity contribution in [2.45, 2.75) is 23.6 Å². The Bertz CT molecular complexity index is 1780. The zero-order valence-corrected chi connectivity index (χ0v) is 23.8. The van der Waals surface area contributed by atoms with Crippen LogP contribution in [0.1, 0.15) is 21.5 Å². The fraction of sp³-hybridized carbons (Fsp3) is 0.0741. The number of halogens is 2. The SMILES string of the molecule is Cc1ccc(NS(=O)(=O)c2cc(C(=O)Nc3ccc(S(=O)(=O)Nc4cccc(Cl)c4)cc3)ccc2Cl)c(C)c1. The van der Waals surface area contributed by atoms with Gasteiger partial charge in [0.25, 0.3) is 26.0 Å². The summed E-state index contributed by atoms with van der Waals surface area (Å²) in [6.07, 6.45) is 0. The second-order valence-electron chi connectivity index (χ2n) is 8.66. The Morgan fingerprint density at radius 3 is 2.10 bits per heavy atom. The number of hydrogen-bond acceptors (Lipinski definition) is 5. The van der Waals surface area contributed by atoms with Crippen LogP contribution in [0.15, 0.2) is 94.7 Å². The zero-order chi connectivity index (χ0) is 28.4. The molecule has 0 spiro atoms. The van der Waals surface area contributed by atoms with Crippen LogP contribution in [-0.4, -0.2) is 22.7 Å². The van der Waals surface area contributed by atoms with E-state index in [9.17, 15) is 21.6 Å². The Morgan fingerprint density at radius 2 is 1.44 bits per heavy atom. The van der Waals surface area contributed by atoms with Gasteiger partial charge in [-0.05, 0) is 86.1 Å². The largest absolute Gasteiger partial charge is 0.322 e. The highest BCUT2D eigenvalue weighted by Gasteiger charge is 2.22. The quantitative estimate of drug-likeness (QED) is 0.213. The van der Waals surface area contributed by atoms with Crippen LogP contribution in [0.4, 0.5) is 17.1 Å². The first-order valence-electron chi connectivity index (χ1n) is 11.4. The summed E-state index contributed by atoms with van der Waals surface area (Å²) in [6.45, 7) is 3.68. The van der Waals surface area contributed by atoms with Crippen molar-refractivity contribution in [2.24, 2.45) is 0 Å². The average molecular weight is 605 g/mol. The molecule has 4 aromatic carbocycles. The number of anilines is 3. The lowest BCUT2D eigenvalue weighted by Gasteiger charge is -2.13. The molecule has 0 atom stereocenters. The van der Waals surface area contributed by atoms with Crippen molar-refractivity contribution in [1.82, 2.24) is 0 Å². The molecule has 12 heteroatoms. The van der Waals surface area contributed by atoms with Crippen LogP contribution in [0.3, 0.4) is 0 Å². The molecule has 0 bridgehead atoms. The summed E-state index contributed by atoms with van der Waals surface area (Å²) in [5.74, 6) is -0.609. The normalized spacial score (nSPS) is 11.6. The van der Waals surface area contributed by atoms with E-state index in [-0.39, 0.29) is 20.4 Å². The summed E-state index contributed by atoms with van der Waals surface area (Å²) in [4.78, 5) is 12.6. The van der Waals surface area contributed by atoms with Crippen molar-refractivity contribution in [3.8, 4) is 0 Å². The van der Waals surface area contributed by atoms with E-state index in [2.05, 4.69) is 14.8 Å². The van der Waals surface area contributed by atoms with Crippen molar-refractivity contribution >= 4 is 66.2 Å². The summed E-state index contributed by atoms with van der Waals surface area (Å²) in [5.41, 5.74) is 2.76. The lowest BCUT2D eigenvalue weighted by Crippen LogP contribution is -2.17. The van der Waals surface area contributed by atoms with Crippen molar-refractivity contribution in [3.05, 3.63) is 112 Å². The average Bonchev–Trinajstić information content (AvgIpc) is 2.86. The molecule has 8 nitrogen and oxygen atoms in total. The second kappa shape index (κ2) is 11.3. The molecule has 0 aliphatic carbocycles. The number of rotatable bonds is 8. The molecule has 0 heterocycles. The smallest absolute Gasteiger partial charge is 0.263 e. The summed E-state index contributed by atoms with van der Waals surface area (Å²) < 4.78 is 56.5. The number of sulfonamides is 2. The van der Waals surface area contributed by atoms with Gasteiger partial charge in [-0.15, -0.1) is 0 Å². The van der Waals surface area contributed by atoms with E-state index in [4.69, 9.17) is 23.2 Å². The Kier molecular flexibility index (Phi) is 8.22. The zero-order valence-electron chi connectivity index (χ0n) is 20.7. The first-order chi connectivity index (χ1) is 18.3. The van der Waals surface area contributed by atoms with Crippen molar-refractivity contribution in [2.75, 3.05) is 14.8 Å². The lowest BCUT2D eigenvalue weighted by atomic mass is 10.1. The molecule has 3 N–H and O–H groups in total. The lowest BCUT2D eigenvalue weighted by molar-refractivity contribution is 0.102. The molecule has 0 fully saturated rings. The van der Waals surface area contributed by atoms with Gasteiger partial charge in [0.05, 0.1) is 21.3 Å². The van der Waals surface area contributed by atoms with Crippen LogP contribution in [0.5, 0.6) is 0 Å². The van der Waals surface area contributed by atoms with Crippen LogP contribution < -0.4 is 14.8 Å². The number of hydrogen-bond donors (Lipinski definition) is 3. The first-order valence-corrected chi connectivity index (χ1v) is 15.2. The Labute approximate surface area is 237 Å². The summed E-state index contributed by atoms with van der Waals surface area (Å²) in [7, 11) is -8.00. The number of benzene rings is 4. The molecular weight excluding hydrogens is 581 g/mol. The molecule has 39 heavy (non-hydrogen) atoms. The third-order valence-corrected chi connectivity index (χ3v) is 9.09. The third kappa shape index (κ3) is 6.90. The minimum absolute atomic E-state index is 0.0298. The maximum absolute atomic E-state index is 13.1. The molecule has 0 aromatic heterocycles. The topological polar surface area (TPSA) is 121 Å². The van der Waals surface area contributed by atoms with Gasteiger partial charge in [-0.2, -0.15) is 0 Å². The molecule has 0 saturated heterocycles. The highest BCUT2D eigenvalue weighted by Crippen LogP contribution is 2.27. The molecule has 202 valence electrons. The Hall–Kier alpha value is -3.57. The van der Waals surface area contributed by atoms with Gasteiger partial charge in [0.15, 0.2) is 0 Å². The first kappa shape index (κ1) is 28.4. The van der Waals surface area contributed by atoms with Crippen molar-refractivity contribution < 1.29 is 21.6 Å². The summed E-state index contributed by atoms with van der Waals surface area (Å²) in [6, 6.07) is 20.9. The maximum Gasteiger partial charge on any atom is 0.263 e. The van der Waals surface area contributed by atoms with Crippen molar-refractivity contribution in [1.29, 1.82) is 0 Å². The van der Waals surface area contributed by atoms with Gasteiger partial charge >= 0.3 is 0 Å². The monoisotopic (exact) mass is 603 g/mol. The fourth-order valence-electron chi connectivity index (χ4n) is 3.67. The minimum atomic E-state index is -4.10. The standard InChI is InChI=1S/C27H23Cl2N3O5S2/c1-17-6-13-25(18(2)14-17)32-39(36,37)26-15-19(7-12-24(26)29)27(33)30-21-8-10-23(11-9-21)38(34,35)31-22-5-3-4-20(28)16-22/h3-16,31-32H,1-2H3,(H,30,33). The highest BCUT2D eigenvalue weighted by atomic mass is 35.5. The number of carbonyl (C=O) groups excluding carboxylic acids is 1. The van der Waals surface area contributed by atoms with Gasteiger partial charge in [-0.25, -0.2) is 16.8 Å². The molecule has 0 unspecified atom stereocenters. The number of nitrogens with one attached hydrogen (secondary N) is 3. The fourth-order valence-corrected chi connectivity index (χ4v) is 6.56. The third-order valence-electron chi connectivity index (χ3n) is 5.61. The number of amides is 1. The van der Waals surface area contributed by atoms with Gasteiger partial charge in [0, 0.05) is 16.3 Å². The predicted octanol–water partition coefficient (Wildman–Crippen LogP) is 6.46. The minimum Gasteiger partial charge on any atom is -0.322 e. The molecule has 4 aromatic rings. The Morgan fingerprint density at radius 1 is 0.718 bits per heavy atom. The number of aryl methyl sites for hydroxylation is 2. The van der Waals surface area contributed by atoms with E-state index in [1.165, 1.54) is 48.5 Å². The molecule has 4 rings (SSSR count). The van der Waals surface area contributed by atoms with Crippen LogP contribution in [0.2, 0.25) is 10.0 Å². The molecule has 1 amide bonds. The van der Waals surface area contributed by atoms with Gasteiger partial charge in [-0.3, -0.25) is 14.2 Å². The van der Waals surface area contributed by atoms with Crippen LogP contribution in [0, 0.1) is 13.8 Å². The van der Waals surface area contributed by atoms with Crippen molar-refractivity contribution in [3.63, 3.8) is 0 Å². The second-order valence-corrected chi connectivity index (χ2v) is 12.8. The Balaban J connectivity index is 1.51. The van der Waals surface area contributed by atoms with Gasteiger partial charge in [0.2, 0.25) is 0 Å². The van der Waals surface area contributed by atoms with Gasteiger partial charge in [-0.1, -0.05) is 47.0 Å². The van der Waals surface area contributed by atoms with E-state index in [0.29, 0.717) is 22.1 Å². The molecule has 0 aliphatic rings. The van der Waals surface area contributed by atoms with Crippen LogP contribution in [-0.2, 0) is 20.0 Å². The number of carbonyl (C=O) groups is 1. The molecule has 0 aliphatic heterocycles. The predicted molar refractivity (Wildman–Crippen MR) is 155 cm³/mol.